The highest BCUT2D eigenvalue weighted by molar-refractivity contribution is 5.92. The molecule has 2 heterocycles. The van der Waals surface area contributed by atoms with E-state index in [2.05, 4.69) is 15.2 Å². The van der Waals surface area contributed by atoms with Gasteiger partial charge in [-0.05, 0) is 12.1 Å². The fourth-order valence-corrected chi connectivity index (χ4v) is 2.05. The maximum absolute atomic E-state index is 12.0. The van der Waals surface area contributed by atoms with Gasteiger partial charge in [0.1, 0.15) is 0 Å². The van der Waals surface area contributed by atoms with Gasteiger partial charge in [-0.3, -0.25) is 9.78 Å². The van der Waals surface area contributed by atoms with E-state index in [1.165, 1.54) is 0 Å². The Morgan fingerprint density at radius 1 is 1.50 bits per heavy atom. The Balaban J connectivity index is 1.80. The Bertz CT molecular complexity index is 376. The molecule has 1 saturated heterocycles. The van der Waals surface area contributed by atoms with Crippen LogP contribution < -0.4 is 10.2 Å². The van der Waals surface area contributed by atoms with E-state index in [9.17, 15) is 4.79 Å². The molecule has 0 bridgehead atoms. The summed E-state index contributed by atoms with van der Waals surface area (Å²) in [7, 11) is 1.80. The molecule has 0 radical (unpaired) electrons. The van der Waals surface area contributed by atoms with Gasteiger partial charge in [0, 0.05) is 52.4 Å². The molecular formula is C13H20N4O. The predicted octanol–water partition coefficient (Wildman–Crippen LogP) is 0.340. The molecule has 98 valence electrons. The van der Waals surface area contributed by atoms with Crippen molar-refractivity contribution < 1.29 is 4.79 Å². The molecule has 1 fully saturated rings. The second kappa shape index (κ2) is 6.47. The van der Waals surface area contributed by atoms with Gasteiger partial charge in [0.2, 0.25) is 5.91 Å². The van der Waals surface area contributed by atoms with Crippen molar-refractivity contribution in [2.24, 2.45) is 0 Å². The van der Waals surface area contributed by atoms with Crippen LogP contribution in [0, 0.1) is 0 Å². The lowest BCUT2D eigenvalue weighted by molar-refractivity contribution is -0.118. The van der Waals surface area contributed by atoms with Crippen molar-refractivity contribution in [3.63, 3.8) is 0 Å². The van der Waals surface area contributed by atoms with E-state index < -0.39 is 0 Å². The zero-order valence-electron chi connectivity index (χ0n) is 10.8. The Morgan fingerprint density at radius 3 is 2.94 bits per heavy atom. The summed E-state index contributed by atoms with van der Waals surface area (Å²) in [6, 6.07) is 3.74. The monoisotopic (exact) mass is 248 g/mol. The molecule has 5 heteroatoms. The number of rotatable bonds is 4. The first-order chi connectivity index (χ1) is 8.77. The molecule has 2 rings (SSSR count). The van der Waals surface area contributed by atoms with Gasteiger partial charge in [-0.25, -0.2) is 0 Å². The molecule has 0 saturated carbocycles. The first-order valence-corrected chi connectivity index (χ1v) is 6.37. The van der Waals surface area contributed by atoms with Gasteiger partial charge in [-0.1, -0.05) is 0 Å². The third-order valence-electron chi connectivity index (χ3n) is 3.26. The van der Waals surface area contributed by atoms with Gasteiger partial charge in [-0.2, -0.15) is 0 Å². The largest absolute Gasteiger partial charge is 0.314 e. The number of hydrogen-bond acceptors (Lipinski definition) is 4. The molecule has 1 aromatic rings. The van der Waals surface area contributed by atoms with Crippen molar-refractivity contribution in [3.8, 4) is 0 Å². The van der Waals surface area contributed by atoms with Crippen molar-refractivity contribution in [2.45, 2.75) is 6.42 Å². The minimum Gasteiger partial charge on any atom is -0.314 e. The van der Waals surface area contributed by atoms with Crippen LogP contribution in [-0.4, -0.2) is 55.6 Å². The van der Waals surface area contributed by atoms with E-state index in [-0.39, 0.29) is 5.91 Å². The van der Waals surface area contributed by atoms with Crippen LogP contribution in [0.25, 0.3) is 0 Å². The molecule has 1 amide bonds. The second-order valence-electron chi connectivity index (χ2n) is 4.51. The number of anilines is 1. The molecule has 0 spiro atoms. The van der Waals surface area contributed by atoms with Crippen LogP contribution in [0.4, 0.5) is 5.69 Å². The zero-order chi connectivity index (χ0) is 12.8. The maximum Gasteiger partial charge on any atom is 0.228 e. The Kier molecular flexibility index (Phi) is 4.66. The Hall–Kier alpha value is -1.46. The lowest BCUT2D eigenvalue weighted by Gasteiger charge is -2.27. The van der Waals surface area contributed by atoms with Crippen molar-refractivity contribution >= 4 is 11.6 Å². The Morgan fingerprint density at radius 2 is 2.28 bits per heavy atom. The quantitative estimate of drug-likeness (QED) is 0.835. The zero-order valence-corrected chi connectivity index (χ0v) is 10.8. The maximum atomic E-state index is 12.0. The Labute approximate surface area is 108 Å². The molecule has 1 aromatic heterocycles. The molecule has 1 aliphatic heterocycles. The van der Waals surface area contributed by atoms with Crippen molar-refractivity contribution in [2.75, 3.05) is 44.7 Å². The number of nitrogens with one attached hydrogen (secondary N) is 1. The number of carbonyl (C=O) groups is 1. The smallest absolute Gasteiger partial charge is 0.228 e. The number of piperazine rings is 1. The number of pyridine rings is 1. The minimum absolute atomic E-state index is 0.140. The summed E-state index contributed by atoms with van der Waals surface area (Å²) in [5.41, 5.74) is 0.850. The third-order valence-corrected chi connectivity index (χ3v) is 3.26. The van der Waals surface area contributed by atoms with E-state index in [1.54, 1.807) is 24.3 Å². The lowest BCUT2D eigenvalue weighted by Crippen LogP contribution is -2.44. The number of amides is 1. The first kappa shape index (κ1) is 13.0. The predicted molar refractivity (Wildman–Crippen MR) is 71.6 cm³/mol. The normalized spacial score (nSPS) is 16.5. The SMILES string of the molecule is CN(C(=O)CCN1CCNCC1)c1cccnc1. The number of aromatic nitrogens is 1. The topological polar surface area (TPSA) is 48.5 Å². The second-order valence-corrected chi connectivity index (χ2v) is 4.51. The van der Waals surface area contributed by atoms with Crippen LogP contribution in [0.5, 0.6) is 0 Å². The molecule has 1 N–H and O–H groups in total. The van der Waals surface area contributed by atoms with E-state index >= 15 is 0 Å². The highest BCUT2D eigenvalue weighted by atomic mass is 16.2. The lowest BCUT2D eigenvalue weighted by atomic mass is 10.3. The highest BCUT2D eigenvalue weighted by Crippen LogP contribution is 2.10. The molecule has 0 aliphatic carbocycles. The molecule has 0 unspecified atom stereocenters. The van der Waals surface area contributed by atoms with Gasteiger partial charge in [-0.15, -0.1) is 0 Å². The number of carbonyl (C=O) groups excluding carboxylic acids is 1. The average Bonchev–Trinajstić information content (AvgIpc) is 2.46. The molecule has 18 heavy (non-hydrogen) atoms. The van der Waals surface area contributed by atoms with E-state index in [1.807, 2.05) is 12.1 Å². The van der Waals surface area contributed by atoms with Crippen LogP contribution in [-0.2, 0) is 4.79 Å². The summed E-state index contributed by atoms with van der Waals surface area (Å²) in [5, 5.41) is 3.31. The van der Waals surface area contributed by atoms with E-state index in [0.29, 0.717) is 6.42 Å². The number of nitrogens with zero attached hydrogens (tertiary/aromatic N) is 3. The molecule has 0 aromatic carbocycles. The minimum atomic E-state index is 0.140. The van der Waals surface area contributed by atoms with Crippen LogP contribution in [0.15, 0.2) is 24.5 Å². The van der Waals surface area contributed by atoms with E-state index in [0.717, 1.165) is 38.4 Å². The van der Waals surface area contributed by atoms with Gasteiger partial charge in [0.25, 0.3) is 0 Å². The molecule has 0 atom stereocenters. The summed E-state index contributed by atoms with van der Waals surface area (Å²) in [6.45, 7) is 4.94. The van der Waals surface area contributed by atoms with Crippen LogP contribution in [0.3, 0.4) is 0 Å². The first-order valence-electron chi connectivity index (χ1n) is 6.37. The van der Waals surface area contributed by atoms with Gasteiger partial charge >= 0.3 is 0 Å². The fraction of sp³-hybridized carbons (Fsp3) is 0.538. The van der Waals surface area contributed by atoms with Crippen molar-refractivity contribution in [3.05, 3.63) is 24.5 Å². The summed E-state index contributed by atoms with van der Waals surface area (Å²) in [5.74, 6) is 0.140. The van der Waals surface area contributed by atoms with Crippen molar-refractivity contribution in [1.29, 1.82) is 0 Å². The highest BCUT2D eigenvalue weighted by Gasteiger charge is 2.14. The standard InChI is InChI=1S/C13H20N4O/c1-16(12-3-2-5-15-11-12)13(18)4-8-17-9-6-14-7-10-17/h2-3,5,11,14H,4,6-10H2,1H3. The summed E-state index contributed by atoms with van der Waals surface area (Å²) in [6.07, 6.45) is 3.98. The third kappa shape index (κ3) is 3.51. The average molecular weight is 248 g/mol. The summed E-state index contributed by atoms with van der Waals surface area (Å²) < 4.78 is 0. The van der Waals surface area contributed by atoms with Gasteiger partial charge in [0.05, 0.1) is 11.9 Å². The summed E-state index contributed by atoms with van der Waals surface area (Å²) >= 11 is 0. The molecule has 1 aliphatic rings. The van der Waals surface area contributed by atoms with Crippen LogP contribution >= 0.6 is 0 Å². The van der Waals surface area contributed by atoms with Crippen molar-refractivity contribution in [1.82, 2.24) is 15.2 Å². The van der Waals surface area contributed by atoms with E-state index in [4.69, 9.17) is 0 Å². The number of hydrogen-bond donors (Lipinski definition) is 1. The molecule has 5 nitrogen and oxygen atoms in total. The van der Waals surface area contributed by atoms with Gasteiger partial charge in [0.15, 0.2) is 0 Å². The molecular weight excluding hydrogens is 228 g/mol. The van der Waals surface area contributed by atoms with Crippen LogP contribution in [0.1, 0.15) is 6.42 Å². The van der Waals surface area contributed by atoms with Gasteiger partial charge < -0.3 is 15.1 Å². The fourth-order valence-electron chi connectivity index (χ4n) is 2.05. The van der Waals surface area contributed by atoms with Crippen LogP contribution in [0.2, 0.25) is 0 Å². The summed E-state index contributed by atoms with van der Waals surface area (Å²) in [4.78, 5) is 20.1.